The van der Waals surface area contributed by atoms with Crippen molar-refractivity contribution in [1.29, 1.82) is 0 Å². The van der Waals surface area contributed by atoms with Crippen LogP contribution in [0.5, 0.6) is 0 Å². The Labute approximate surface area is 374 Å². The van der Waals surface area contributed by atoms with Crippen LogP contribution in [0, 0.1) is 5.92 Å². The Morgan fingerprint density at radius 3 is 1.57 bits per heavy atom. The van der Waals surface area contributed by atoms with Crippen LogP contribution in [0.25, 0.3) is 0 Å². The molecule has 5 atom stereocenters. The van der Waals surface area contributed by atoms with Gasteiger partial charge in [0.15, 0.2) is 0 Å². The number of esters is 3. The highest BCUT2D eigenvalue weighted by Gasteiger charge is 2.36. The number of carbonyl (C=O) groups excluding carboxylic acids is 3. The lowest BCUT2D eigenvalue weighted by Gasteiger charge is -2.28. The number of aliphatic hydroxyl groups is 2. The summed E-state index contributed by atoms with van der Waals surface area (Å²) in [5, 5.41) is 19.4. The predicted octanol–water partition coefficient (Wildman–Crippen LogP) is 12.5. The van der Waals surface area contributed by atoms with Crippen molar-refractivity contribution in [3.05, 3.63) is 0 Å². The molecule has 0 fully saturated rings. The Morgan fingerprint density at radius 2 is 1.05 bits per heavy atom. The van der Waals surface area contributed by atoms with Gasteiger partial charge in [0.1, 0.15) is 5.25 Å². The number of carbonyl (C=O) groups is 3. The summed E-state index contributed by atoms with van der Waals surface area (Å²) in [6.45, 7) is 14.6. The van der Waals surface area contributed by atoms with Gasteiger partial charge >= 0.3 is 17.9 Å². The minimum Gasteiger partial charge on any atom is -0.465 e. The molecule has 0 aliphatic rings. The van der Waals surface area contributed by atoms with Gasteiger partial charge in [0.25, 0.3) is 0 Å². The van der Waals surface area contributed by atoms with Gasteiger partial charge in [0.2, 0.25) is 6.10 Å². The number of ether oxygens (including phenoxy) is 3. The van der Waals surface area contributed by atoms with Gasteiger partial charge in [0, 0.05) is 19.5 Å². The lowest BCUT2D eigenvalue weighted by Crippen LogP contribution is -2.40. The van der Waals surface area contributed by atoms with Crippen molar-refractivity contribution in [1.82, 2.24) is 4.90 Å². The van der Waals surface area contributed by atoms with E-state index in [4.69, 9.17) is 14.2 Å². The highest BCUT2D eigenvalue weighted by atomic mass is 32.2. The quantitative estimate of drug-likeness (QED) is 0.0347. The van der Waals surface area contributed by atoms with E-state index < -0.39 is 34.6 Å². The van der Waals surface area contributed by atoms with Crippen LogP contribution in [0.4, 0.5) is 0 Å². The van der Waals surface area contributed by atoms with Gasteiger partial charge in [-0.2, -0.15) is 0 Å². The summed E-state index contributed by atoms with van der Waals surface area (Å²) in [7, 11) is 0. The van der Waals surface area contributed by atoms with E-state index in [1.54, 1.807) is 0 Å². The summed E-state index contributed by atoms with van der Waals surface area (Å²) in [5.74, 6) is -0.977. The van der Waals surface area contributed by atoms with Crippen LogP contribution in [0.2, 0.25) is 0 Å². The van der Waals surface area contributed by atoms with Crippen LogP contribution in [0.3, 0.4) is 0 Å². The summed E-state index contributed by atoms with van der Waals surface area (Å²) >= 11 is 1.37. The number of aliphatic hydroxyl groups excluding tert-OH is 2. The second kappa shape index (κ2) is 42.9. The fraction of sp³-hybridized carbons (Fsp3) is 0.940. The van der Waals surface area contributed by atoms with Crippen LogP contribution in [-0.2, 0) is 28.6 Å². The molecule has 9 nitrogen and oxygen atoms in total. The van der Waals surface area contributed by atoms with E-state index >= 15 is 0 Å². The Bertz CT molecular complexity index is 986. The zero-order valence-corrected chi connectivity index (χ0v) is 40.9. The maximum atomic E-state index is 13.6. The Morgan fingerprint density at radius 1 is 0.567 bits per heavy atom. The van der Waals surface area contributed by atoms with Crippen LogP contribution >= 0.6 is 11.8 Å². The van der Waals surface area contributed by atoms with Crippen molar-refractivity contribution in [2.45, 2.75) is 257 Å². The normalized spacial score (nSPS) is 14.2. The molecule has 0 bridgehead atoms. The van der Waals surface area contributed by atoms with Crippen molar-refractivity contribution in [3.63, 3.8) is 0 Å². The molecule has 0 heterocycles. The lowest BCUT2D eigenvalue weighted by atomic mass is 9.94. The van der Waals surface area contributed by atoms with Crippen LogP contribution < -0.4 is 0 Å². The first-order valence-corrected chi connectivity index (χ1v) is 26.3. The number of thioether (sulfide) groups is 1. The zero-order valence-electron chi connectivity index (χ0n) is 40.0. The van der Waals surface area contributed by atoms with E-state index in [1.165, 1.54) is 127 Å². The molecule has 0 aromatic rings. The van der Waals surface area contributed by atoms with E-state index in [-0.39, 0.29) is 25.6 Å². The standard InChI is InChI=1S/C50H97NO8S/c1-7-12-16-19-22-23-25-29-33-44(32-28-24-20-17-13-8-2)42-58-49(55)43(6)60-46(35-27-15-10-4)48(50(56)57-40-11-5)59-47(54)36-31-37-51(38-39-52)41-45(53)34-30-26-21-18-14-9-3/h43-46,48,52-53H,7-42H2,1-6H3. The maximum Gasteiger partial charge on any atom is 0.348 e. The monoisotopic (exact) mass is 872 g/mol. The van der Waals surface area contributed by atoms with Crippen molar-refractivity contribution >= 4 is 29.7 Å². The second-order valence-electron chi connectivity index (χ2n) is 17.5. The highest BCUT2D eigenvalue weighted by Crippen LogP contribution is 2.30. The molecule has 0 saturated carbocycles. The first-order valence-electron chi connectivity index (χ1n) is 25.4. The van der Waals surface area contributed by atoms with E-state index in [0.717, 1.165) is 51.4 Å². The van der Waals surface area contributed by atoms with E-state index in [1.807, 2.05) is 18.7 Å². The highest BCUT2D eigenvalue weighted by molar-refractivity contribution is 8.01. The molecule has 0 aromatic carbocycles. The Balaban J connectivity index is 5.51. The number of hydrogen-bond acceptors (Lipinski definition) is 10. The topological polar surface area (TPSA) is 123 Å². The van der Waals surface area contributed by atoms with Crippen LogP contribution in [0.15, 0.2) is 0 Å². The fourth-order valence-electron chi connectivity index (χ4n) is 7.81. The summed E-state index contributed by atoms with van der Waals surface area (Å²) in [6.07, 6.45) is 30.6. The summed E-state index contributed by atoms with van der Waals surface area (Å²) in [4.78, 5) is 42.5. The number of rotatable bonds is 45. The Hall–Kier alpha value is -1.36. The van der Waals surface area contributed by atoms with Crippen molar-refractivity contribution in [2.24, 2.45) is 5.92 Å². The maximum absolute atomic E-state index is 13.6. The lowest BCUT2D eigenvalue weighted by molar-refractivity contribution is -0.168. The number of unbranched alkanes of at least 4 members (excludes halogenated alkanes) is 19. The minimum absolute atomic E-state index is 0.0319. The first-order chi connectivity index (χ1) is 29.2. The predicted molar refractivity (Wildman–Crippen MR) is 253 cm³/mol. The van der Waals surface area contributed by atoms with Gasteiger partial charge in [-0.3, -0.25) is 14.5 Å². The molecule has 0 amide bonds. The molecule has 5 unspecified atom stereocenters. The summed E-state index contributed by atoms with van der Waals surface area (Å²) < 4.78 is 17.6. The molecule has 0 aliphatic heterocycles. The molecule has 0 saturated heterocycles. The molecule has 0 radical (unpaired) electrons. The molecule has 0 rings (SSSR count). The first kappa shape index (κ1) is 58.6. The van der Waals surface area contributed by atoms with Crippen molar-refractivity contribution < 1.29 is 38.8 Å². The summed E-state index contributed by atoms with van der Waals surface area (Å²) in [5.41, 5.74) is 0. The number of nitrogens with zero attached hydrogens (tertiary/aromatic N) is 1. The Kier molecular flexibility index (Phi) is 41.9. The molecule has 60 heavy (non-hydrogen) atoms. The van der Waals surface area contributed by atoms with Crippen LogP contribution in [0.1, 0.15) is 234 Å². The van der Waals surface area contributed by atoms with Crippen molar-refractivity contribution in [3.8, 4) is 0 Å². The van der Waals surface area contributed by atoms with Crippen molar-refractivity contribution in [2.75, 3.05) is 39.5 Å². The van der Waals surface area contributed by atoms with Crippen LogP contribution in [-0.4, -0.2) is 95.2 Å². The molecular formula is C50H97NO8S. The average Bonchev–Trinajstić information content (AvgIpc) is 3.23. The van der Waals surface area contributed by atoms with Gasteiger partial charge in [-0.25, -0.2) is 4.79 Å². The molecule has 0 aromatic heterocycles. The third-order valence-electron chi connectivity index (χ3n) is 11.6. The zero-order chi connectivity index (χ0) is 44.5. The SMILES string of the molecule is CCCCCCCCCCC(CCCCCCCC)COC(=O)C(C)SC(CCCCC)C(OC(=O)CCCN(CCO)CC(O)CCCCCCCC)C(=O)OCCC. The molecule has 0 spiro atoms. The third kappa shape index (κ3) is 34.2. The minimum atomic E-state index is -1.13. The van der Waals surface area contributed by atoms with Gasteiger partial charge in [-0.05, 0) is 57.9 Å². The third-order valence-corrected chi connectivity index (χ3v) is 13.0. The average molecular weight is 872 g/mol. The van der Waals surface area contributed by atoms with Gasteiger partial charge in [-0.15, -0.1) is 11.8 Å². The fourth-order valence-corrected chi connectivity index (χ4v) is 9.12. The van der Waals surface area contributed by atoms with E-state index in [0.29, 0.717) is 51.4 Å². The molecule has 0 aliphatic carbocycles. The molecular weight excluding hydrogens is 775 g/mol. The molecule has 356 valence electrons. The van der Waals surface area contributed by atoms with E-state index in [9.17, 15) is 24.6 Å². The van der Waals surface area contributed by atoms with E-state index in [2.05, 4.69) is 27.7 Å². The van der Waals surface area contributed by atoms with Gasteiger partial charge < -0.3 is 24.4 Å². The summed E-state index contributed by atoms with van der Waals surface area (Å²) in [6, 6.07) is 0. The van der Waals surface area contributed by atoms with Gasteiger partial charge in [-0.1, -0.05) is 182 Å². The number of hydrogen-bond donors (Lipinski definition) is 2. The smallest absolute Gasteiger partial charge is 0.348 e. The molecule has 10 heteroatoms. The second-order valence-corrected chi connectivity index (χ2v) is 19.1. The molecule has 2 N–H and O–H groups in total. The van der Waals surface area contributed by atoms with Gasteiger partial charge in [0.05, 0.1) is 31.2 Å². The largest absolute Gasteiger partial charge is 0.465 e.